The average molecular weight is 217 g/mol. The molecule has 1 saturated heterocycles. The van der Waals surface area contributed by atoms with E-state index in [0.717, 1.165) is 30.0 Å². The van der Waals surface area contributed by atoms with Crippen LogP contribution in [0.4, 0.5) is 11.4 Å². The fraction of sp³-hybridized carbons (Fsp3) is 0.417. The zero-order valence-electron chi connectivity index (χ0n) is 9.29. The molecule has 3 rings (SSSR count). The Kier molecular flexibility index (Phi) is 2.11. The van der Waals surface area contributed by atoms with E-state index in [4.69, 9.17) is 0 Å². The summed E-state index contributed by atoms with van der Waals surface area (Å²) in [6.07, 6.45) is 0.543. The number of fused-ring (bicyclic) bond motifs is 1. The molecule has 16 heavy (non-hydrogen) atoms. The Bertz CT molecular complexity index is 440. The molecule has 2 aliphatic rings. The SMILES string of the molecule is CNc1ccc2c(c1)CC(=O)N2C1CNC1. The Morgan fingerprint density at radius 1 is 1.44 bits per heavy atom. The van der Waals surface area contributed by atoms with Crippen LogP contribution in [0.25, 0.3) is 0 Å². The van der Waals surface area contributed by atoms with Gasteiger partial charge >= 0.3 is 0 Å². The molecule has 0 unspecified atom stereocenters. The largest absolute Gasteiger partial charge is 0.388 e. The van der Waals surface area contributed by atoms with E-state index in [0.29, 0.717) is 12.5 Å². The van der Waals surface area contributed by atoms with Crippen LogP contribution in [0.15, 0.2) is 18.2 Å². The highest BCUT2D eigenvalue weighted by Crippen LogP contribution is 2.33. The van der Waals surface area contributed by atoms with Crippen molar-refractivity contribution in [3.8, 4) is 0 Å². The van der Waals surface area contributed by atoms with Gasteiger partial charge in [0.1, 0.15) is 0 Å². The van der Waals surface area contributed by atoms with Crippen LogP contribution in [-0.2, 0) is 11.2 Å². The maximum absolute atomic E-state index is 11.9. The van der Waals surface area contributed by atoms with E-state index in [1.807, 2.05) is 24.1 Å². The summed E-state index contributed by atoms with van der Waals surface area (Å²) in [5.41, 5.74) is 3.30. The first-order valence-electron chi connectivity index (χ1n) is 5.63. The molecule has 84 valence electrons. The van der Waals surface area contributed by atoms with E-state index < -0.39 is 0 Å². The Morgan fingerprint density at radius 2 is 2.25 bits per heavy atom. The summed E-state index contributed by atoms with van der Waals surface area (Å²) < 4.78 is 0. The number of nitrogens with one attached hydrogen (secondary N) is 2. The lowest BCUT2D eigenvalue weighted by Crippen LogP contribution is -2.58. The maximum atomic E-state index is 11.9. The van der Waals surface area contributed by atoms with Crippen molar-refractivity contribution >= 4 is 17.3 Å². The molecule has 1 aromatic carbocycles. The maximum Gasteiger partial charge on any atom is 0.231 e. The minimum atomic E-state index is 0.231. The molecule has 0 aliphatic carbocycles. The fourth-order valence-corrected chi connectivity index (χ4v) is 2.36. The second-order valence-electron chi connectivity index (χ2n) is 4.35. The van der Waals surface area contributed by atoms with E-state index in [2.05, 4.69) is 16.7 Å². The summed E-state index contributed by atoms with van der Waals surface area (Å²) in [5.74, 6) is 0.231. The highest BCUT2D eigenvalue weighted by atomic mass is 16.2. The molecule has 4 nitrogen and oxygen atoms in total. The molecule has 2 N–H and O–H groups in total. The van der Waals surface area contributed by atoms with Crippen LogP contribution in [0, 0.1) is 0 Å². The van der Waals surface area contributed by atoms with Crippen molar-refractivity contribution in [2.24, 2.45) is 0 Å². The van der Waals surface area contributed by atoms with Gasteiger partial charge in [-0.05, 0) is 23.8 Å². The number of hydrogen-bond donors (Lipinski definition) is 2. The third-order valence-corrected chi connectivity index (χ3v) is 3.36. The van der Waals surface area contributed by atoms with E-state index in [1.165, 1.54) is 0 Å². The molecule has 1 aromatic rings. The predicted molar refractivity (Wildman–Crippen MR) is 63.8 cm³/mol. The molecule has 1 fully saturated rings. The molecule has 2 aliphatic heterocycles. The van der Waals surface area contributed by atoms with Crippen LogP contribution in [0.5, 0.6) is 0 Å². The monoisotopic (exact) mass is 217 g/mol. The first-order chi connectivity index (χ1) is 7.79. The number of anilines is 2. The van der Waals surface area contributed by atoms with Crippen LogP contribution in [0.1, 0.15) is 5.56 Å². The van der Waals surface area contributed by atoms with Crippen molar-refractivity contribution in [3.05, 3.63) is 23.8 Å². The summed E-state index contributed by atoms with van der Waals surface area (Å²) >= 11 is 0. The normalized spacial score (nSPS) is 19.6. The molecule has 0 atom stereocenters. The third-order valence-electron chi connectivity index (χ3n) is 3.36. The number of amides is 1. The molecule has 0 aromatic heterocycles. The molecule has 2 heterocycles. The van der Waals surface area contributed by atoms with E-state index in [-0.39, 0.29) is 5.91 Å². The average Bonchev–Trinajstić information content (AvgIpc) is 2.53. The van der Waals surface area contributed by atoms with Gasteiger partial charge in [-0.3, -0.25) is 4.79 Å². The summed E-state index contributed by atoms with van der Waals surface area (Å²) in [4.78, 5) is 13.9. The number of benzene rings is 1. The first kappa shape index (κ1) is 9.66. The van der Waals surface area contributed by atoms with Gasteiger partial charge in [0.2, 0.25) is 5.91 Å². The lowest BCUT2D eigenvalue weighted by Gasteiger charge is -2.36. The minimum Gasteiger partial charge on any atom is -0.388 e. The summed E-state index contributed by atoms with van der Waals surface area (Å²) in [7, 11) is 1.89. The molecule has 0 saturated carbocycles. The molecule has 4 heteroatoms. The Hall–Kier alpha value is -1.55. The van der Waals surface area contributed by atoms with E-state index in [1.54, 1.807) is 0 Å². The Labute approximate surface area is 94.6 Å². The summed E-state index contributed by atoms with van der Waals surface area (Å²) in [6, 6.07) is 6.49. The van der Waals surface area contributed by atoms with Gasteiger partial charge in [0.15, 0.2) is 0 Å². The number of hydrogen-bond acceptors (Lipinski definition) is 3. The zero-order chi connectivity index (χ0) is 11.1. The van der Waals surface area contributed by atoms with Gasteiger partial charge in [-0.15, -0.1) is 0 Å². The quantitative estimate of drug-likeness (QED) is 0.762. The topological polar surface area (TPSA) is 44.4 Å². The van der Waals surface area contributed by atoms with Crippen LogP contribution in [-0.4, -0.2) is 32.1 Å². The lowest BCUT2D eigenvalue weighted by molar-refractivity contribution is -0.118. The highest BCUT2D eigenvalue weighted by Gasteiger charge is 2.35. The third kappa shape index (κ3) is 1.30. The second-order valence-corrected chi connectivity index (χ2v) is 4.35. The van der Waals surface area contributed by atoms with Crippen molar-refractivity contribution in [2.75, 3.05) is 30.4 Å². The van der Waals surface area contributed by atoms with Gasteiger partial charge in [0, 0.05) is 31.5 Å². The molecular weight excluding hydrogens is 202 g/mol. The number of nitrogens with zero attached hydrogens (tertiary/aromatic N) is 1. The highest BCUT2D eigenvalue weighted by molar-refractivity contribution is 6.02. The van der Waals surface area contributed by atoms with Crippen molar-refractivity contribution < 1.29 is 4.79 Å². The predicted octanol–water partition coefficient (Wildman–Crippen LogP) is 0.589. The minimum absolute atomic E-state index is 0.231. The van der Waals surface area contributed by atoms with Crippen LogP contribution in [0.3, 0.4) is 0 Å². The van der Waals surface area contributed by atoms with Crippen molar-refractivity contribution in [2.45, 2.75) is 12.5 Å². The Balaban J connectivity index is 1.97. The van der Waals surface area contributed by atoms with Gasteiger partial charge in [0.05, 0.1) is 12.5 Å². The number of carbonyl (C=O) groups excluding carboxylic acids is 1. The van der Waals surface area contributed by atoms with Crippen LogP contribution in [0.2, 0.25) is 0 Å². The standard InChI is InChI=1S/C12H15N3O/c1-13-9-2-3-11-8(4-9)5-12(16)15(11)10-6-14-7-10/h2-4,10,13-14H,5-7H2,1H3. The lowest BCUT2D eigenvalue weighted by atomic mass is 10.1. The summed E-state index contributed by atoms with van der Waals surface area (Å²) in [6.45, 7) is 1.83. The van der Waals surface area contributed by atoms with Gasteiger partial charge in [-0.1, -0.05) is 0 Å². The van der Waals surface area contributed by atoms with Gasteiger partial charge in [0.25, 0.3) is 0 Å². The van der Waals surface area contributed by atoms with Gasteiger partial charge in [-0.2, -0.15) is 0 Å². The first-order valence-corrected chi connectivity index (χ1v) is 5.63. The fourth-order valence-electron chi connectivity index (χ4n) is 2.36. The zero-order valence-corrected chi connectivity index (χ0v) is 9.29. The molecule has 1 amide bonds. The smallest absolute Gasteiger partial charge is 0.231 e. The van der Waals surface area contributed by atoms with E-state index >= 15 is 0 Å². The summed E-state index contributed by atoms with van der Waals surface area (Å²) in [5, 5.41) is 6.31. The molecule has 0 spiro atoms. The van der Waals surface area contributed by atoms with E-state index in [9.17, 15) is 4.79 Å². The Morgan fingerprint density at radius 3 is 2.88 bits per heavy atom. The second kappa shape index (κ2) is 3.49. The number of rotatable bonds is 2. The number of carbonyl (C=O) groups is 1. The van der Waals surface area contributed by atoms with Crippen molar-refractivity contribution in [1.29, 1.82) is 0 Å². The van der Waals surface area contributed by atoms with Crippen molar-refractivity contribution in [1.82, 2.24) is 5.32 Å². The van der Waals surface area contributed by atoms with Gasteiger partial charge in [-0.25, -0.2) is 0 Å². The van der Waals surface area contributed by atoms with Crippen LogP contribution < -0.4 is 15.5 Å². The molecule has 0 radical (unpaired) electrons. The van der Waals surface area contributed by atoms with Gasteiger partial charge < -0.3 is 15.5 Å². The van der Waals surface area contributed by atoms with Crippen molar-refractivity contribution in [3.63, 3.8) is 0 Å². The molecule has 0 bridgehead atoms. The molecular formula is C12H15N3O. The van der Waals surface area contributed by atoms with Crippen LogP contribution >= 0.6 is 0 Å².